The van der Waals surface area contributed by atoms with Crippen molar-refractivity contribution in [2.75, 3.05) is 26.3 Å². The van der Waals surface area contributed by atoms with Gasteiger partial charge in [0.05, 0.1) is 4.88 Å². The summed E-state index contributed by atoms with van der Waals surface area (Å²) in [6, 6.07) is 7.99. The lowest BCUT2D eigenvalue weighted by molar-refractivity contribution is -0.133. The molecule has 3 aromatic heterocycles. The third-order valence-electron chi connectivity index (χ3n) is 6.82. The zero-order chi connectivity index (χ0) is 22.6. The van der Waals surface area contributed by atoms with Crippen molar-refractivity contribution in [2.24, 2.45) is 5.92 Å². The number of hydrogen-bond donors (Lipinski definition) is 1. The minimum absolute atomic E-state index is 0.0430. The fourth-order valence-corrected chi connectivity index (χ4v) is 5.86. The molecular formula is C25H30N4O3S. The van der Waals surface area contributed by atoms with Gasteiger partial charge in [0.15, 0.2) is 0 Å². The van der Waals surface area contributed by atoms with Crippen LogP contribution >= 0.6 is 11.3 Å². The summed E-state index contributed by atoms with van der Waals surface area (Å²) in [7, 11) is 0. The number of carbonyl (C=O) groups is 2. The number of thiophene rings is 1. The van der Waals surface area contributed by atoms with Crippen LogP contribution in [0.1, 0.15) is 58.1 Å². The molecule has 0 spiro atoms. The minimum Gasteiger partial charge on any atom is -0.381 e. The van der Waals surface area contributed by atoms with E-state index in [1.807, 2.05) is 39.9 Å². The van der Waals surface area contributed by atoms with E-state index < -0.39 is 0 Å². The number of ether oxygens (including phenoxy) is 1. The fourth-order valence-electron chi connectivity index (χ4n) is 4.77. The van der Waals surface area contributed by atoms with Crippen LogP contribution in [0, 0.1) is 5.92 Å². The van der Waals surface area contributed by atoms with E-state index in [1.165, 1.54) is 4.88 Å². The predicted octanol–water partition coefficient (Wildman–Crippen LogP) is 3.85. The Morgan fingerprint density at radius 1 is 1.09 bits per heavy atom. The third kappa shape index (κ3) is 5.28. The van der Waals surface area contributed by atoms with E-state index in [9.17, 15) is 9.59 Å². The van der Waals surface area contributed by atoms with Gasteiger partial charge in [0.1, 0.15) is 5.65 Å². The number of fused-ring (bicyclic) bond motifs is 1. The van der Waals surface area contributed by atoms with Crippen LogP contribution in [0.5, 0.6) is 0 Å². The highest BCUT2D eigenvalue weighted by Gasteiger charge is 2.27. The van der Waals surface area contributed by atoms with Gasteiger partial charge in [-0.25, -0.2) is 4.98 Å². The Hall–Kier alpha value is -2.71. The van der Waals surface area contributed by atoms with E-state index in [0.717, 1.165) is 68.1 Å². The first-order valence-corrected chi connectivity index (χ1v) is 12.6. The van der Waals surface area contributed by atoms with Gasteiger partial charge < -0.3 is 19.4 Å². The van der Waals surface area contributed by atoms with Crippen molar-refractivity contribution in [1.29, 1.82) is 0 Å². The third-order valence-corrected chi connectivity index (χ3v) is 8.07. The number of aromatic nitrogens is 2. The summed E-state index contributed by atoms with van der Waals surface area (Å²) >= 11 is 1.58. The molecule has 5 rings (SSSR count). The number of carbonyl (C=O) groups excluding carboxylic acids is 2. The van der Waals surface area contributed by atoms with Gasteiger partial charge in [-0.3, -0.25) is 9.59 Å². The van der Waals surface area contributed by atoms with Crippen molar-refractivity contribution in [3.63, 3.8) is 0 Å². The van der Waals surface area contributed by atoms with Gasteiger partial charge in [0.2, 0.25) is 5.91 Å². The van der Waals surface area contributed by atoms with E-state index in [-0.39, 0.29) is 5.91 Å². The number of pyridine rings is 1. The molecule has 5 heterocycles. The van der Waals surface area contributed by atoms with Crippen molar-refractivity contribution in [3.05, 3.63) is 58.2 Å². The quantitative estimate of drug-likeness (QED) is 0.599. The molecule has 0 aromatic carbocycles. The van der Waals surface area contributed by atoms with Gasteiger partial charge in [-0.05, 0) is 67.3 Å². The molecule has 1 N–H and O–H groups in total. The van der Waals surface area contributed by atoms with Gasteiger partial charge in [-0.1, -0.05) is 0 Å². The lowest BCUT2D eigenvalue weighted by Gasteiger charge is -2.33. The fraction of sp³-hybridized carbons (Fsp3) is 0.480. The van der Waals surface area contributed by atoms with Crippen LogP contribution in [0.2, 0.25) is 0 Å². The lowest BCUT2D eigenvalue weighted by Crippen LogP contribution is -2.39. The monoisotopic (exact) mass is 466 g/mol. The van der Waals surface area contributed by atoms with E-state index in [1.54, 1.807) is 17.5 Å². The number of nitrogens with one attached hydrogen (secondary N) is 1. The topological polar surface area (TPSA) is 75.9 Å². The van der Waals surface area contributed by atoms with E-state index in [4.69, 9.17) is 4.74 Å². The summed E-state index contributed by atoms with van der Waals surface area (Å²) in [4.78, 5) is 33.7. The molecule has 0 aliphatic carbocycles. The molecule has 0 unspecified atom stereocenters. The summed E-state index contributed by atoms with van der Waals surface area (Å²) in [5.41, 5.74) is 1.90. The molecule has 174 valence electrons. The summed E-state index contributed by atoms with van der Waals surface area (Å²) in [5, 5.41) is 3.02. The Labute approximate surface area is 197 Å². The zero-order valence-electron chi connectivity index (χ0n) is 18.7. The molecule has 2 fully saturated rings. The van der Waals surface area contributed by atoms with Crippen LogP contribution in [-0.2, 0) is 16.1 Å². The van der Waals surface area contributed by atoms with Gasteiger partial charge in [-0.15, -0.1) is 11.3 Å². The second-order valence-electron chi connectivity index (χ2n) is 9.03. The van der Waals surface area contributed by atoms with Crippen LogP contribution in [0.4, 0.5) is 0 Å². The summed E-state index contributed by atoms with van der Waals surface area (Å²) in [6.07, 6.45) is 10.2. The second-order valence-corrected chi connectivity index (χ2v) is 10.1. The van der Waals surface area contributed by atoms with Crippen molar-refractivity contribution in [3.8, 4) is 0 Å². The normalized spacial score (nSPS) is 18.0. The first-order valence-electron chi connectivity index (χ1n) is 11.8. The SMILES string of the molecule is O=C(NCc1ccn2ccnc2c1)c1ccc(C2CCN(C(=O)CC3CCOCC3)CC2)s1. The number of nitrogens with zero attached hydrogens (tertiary/aromatic N) is 3. The highest BCUT2D eigenvalue weighted by Crippen LogP contribution is 2.33. The van der Waals surface area contributed by atoms with Crippen LogP contribution in [0.3, 0.4) is 0 Å². The molecule has 2 aliphatic heterocycles. The molecule has 0 radical (unpaired) electrons. The van der Waals surface area contributed by atoms with Gasteiger partial charge in [-0.2, -0.15) is 0 Å². The maximum atomic E-state index is 12.7. The Balaban J connectivity index is 1.10. The number of rotatable bonds is 6. The Kier molecular flexibility index (Phi) is 6.73. The lowest BCUT2D eigenvalue weighted by atomic mass is 9.93. The van der Waals surface area contributed by atoms with Crippen LogP contribution in [0.15, 0.2) is 42.9 Å². The number of hydrogen-bond acceptors (Lipinski definition) is 5. The van der Waals surface area contributed by atoms with Crippen molar-refractivity contribution in [2.45, 2.75) is 44.6 Å². The second kappa shape index (κ2) is 10.1. The van der Waals surface area contributed by atoms with Crippen molar-refractivity contribution < 1.29 is 14.3 Å². The standard InChI is InChI=1S/C25H30N4O3S/c30-24(16-18-6-13-32-14-7-18)29-10-4-20(5-11-29)21-1-2-22(33-21)25(31)27-17-19-3-9-28-12-8-26-23(28)15-19/h1-3,8-9,12,15,18,20H,4-7,10-11,13-14,16-17H2,(H,27,31). The average Bonchev–Trinajstić information content (AvgIpc) is 3.53. The maximum absolute atomic E-state index is 12.7. The highest BCUT2D eigenvalue weighted by atomic mass is 32.1. The maximum Gasteiger partial charge on any atom is 0.261 e. The van der Waals surface area contributed by atoms with Gasteiger partial charge in [0, 0.05) is 62.7 Å². The van der Waals surface area contributed by atoms with E-state index in [2.05, 4.69) is 16.4 Å². The molecular weight excluding hydrogens is 436 g/mol. The summed E-state index contributed by atoms with van der Waals surface area (Å²) in [5.74, 6) is 1.15. The van der Waals surface area contributed by atoms with E-state index in [0.29, 0.717) is 30.7 Å². The molecule has 2 saturated heterocycles. The van der Waals surface area contributed by atoms with Gasteiger partial charge >= 0.3 is 0 Å². The van der Waals surface area contributed by atoms with Crippen LogP contribution < -0.4 is 5.32 Å². The molecule has 0 saturated carbocycles. The number of likely N-dealkylation sites (tertiary alicyclic amines) is 1. The number of imidazole rings is 1. The number of piperidine rings is 1. The molecule has 2 aliphatic rings. The Bertz CT molecular complexity index is 1110. The summed E-state index contributed by atoms with van der Waals surface area (Å²) < 4.78 is 7.35. The Morgan fingerprint density at radius 3 is 2.73 bits per heavy atom. The average molecular weight is 467 g/mol. The van der Waals surface area contributed by atoms with Crippen molar-refractivity contribution in [1.82, 2.24) is 19.6 Å². The first-order chi connectivity index (χ1) is 16.2. The first kappa shape index (κ1) is 22.1. The van der Waals surface area contributed by atoms with Crippen LogP contribution in [-0.4, -0.2) is 52.4 Å². The molecule has 2 amide bonds. The number of amides is 2. The van der Waals surface area contributed by atoms with Crippen molar-refractivity contribution >= 4 is 28.8 Å². The molecule has 8 heteroatoms. The Morgan fingerprint density at radius 2 is 1.91 bits per heavy atom. The van der Waals surface area contributed by atoms with E-state index >= 15 is 0 Å². The molecule has 7 nitrogen and oxygen atoms in total. The highest BCUT2D eigenvalue weighted by molar-refractivity contribution is 7.14. The largest absolute Gasteiger partial charge is 0.381 e. The minimum atomic E-state index is -0.0430. The van der Waals surface area contributed by atoms with Crippen LogP contribution in [0.25, 0.3) is 5.65 Å². The molecule has 33 heavy (non-hydrogen) atoms. The zero-order valence-corrected chi connectivity index (χ0v) is 19.6. The van der Waals surface area contributed by atoms with Gasteiger partial charge in [0.25, 0.3) is 5.91 Å². The molecule has 0 atom stereocenters. The molecule has 3 aromatic rings. The summed E-state index contributed by atoms with van der Waals surface area (Å²) in [6.45, 7) is 3.66. The predicted molar refractivity (Wildman–Crippen MR) is 127 cm³/mol. The molecule has 0 bridgehead atoms. The smallest absolute Gasteiger partial charge is 0.261 e.